The monoisotopic (exact) mass is 258 g/mol. The SMILES string of the molecule is CNCC1(CN2CCc3ccccc3C2)CCCC1. The molecule has 19 heavy (non-hydrogen) atoms. The average Bonchev–Trinajstić information content (AvgIpc) is 2.87. The Kier molecular flexibility index (Phi) is 3.90. The van der Waals surface area contributed by atoms with E-state index in [1.165, 1.54) is 51.7 Å². The second-order valence-electron chi connectivity index (χ2n) is 6.47. The van der Waals surface area contributed by atoms with Crippen LogP contribution in [0.4, 0.5) is 0 Å². The van der Waals surface area contributed by atoms with E-state index in [0.29, 0.717) is 5.41 Å². The van der Waals surface area contributed by atoms with Crippen LogP contribution in [0.3, 0.4) is 0 Å². The smallest absolute Gasteiger partial charge is 0.0236 e. The van der Waals surface area contributed by atoms with E-state index in [2.05, 4.69) is 41.5 Å². The Labute approximate surface area is 117 Å². The quantitative estimate of drug-likeness (QED) is 0.893. The number of hydrogen-bond donors (Lipinski definition) is 1. The summed E-state index contributed by atoms with van der Waals surface area (Å²) in [4.78, 5) is 2.69. The van der Waals surface area contributed by atoms with Gasteiger partial charge in [-0.15, -0.1) is 0 Å². The summed E-state index contributed by atoms with van der Waals surface area (Å²) in [7, 11) is 2.10. The molecule has 1 fully saturated rings. The molecule has 1 aromatic rings. The van der Waals surface area contributed by atoms with Gasteiger partial charge in [0.2, 0.25) is 0 Å². The molecule has 3 rings (SSSR count). The van der Waals surface area contributed by atoms with Crippen molar-refractivity contribution in [3.8, 4) is 0 Å². The molecule has 0 radical (unpaired) electrons. The zero-order chi connectivity index (χ0) is 13.1. The predicted octanol–water partition coefficient (Wildman–Crippen LogP) is 2.82. The summed E-state index contributed by atoms with van der Waals surface area (Å²) in [6.07, 6.45) is 6.89. The average molecular weight is 258 g/mol. The van der Waals surface area contributed by atoms with Gasteiger partial charge in [-0.3, -0.25) is 4.90 Å². The first kappa shape index (κ1) is 13.1. The van der Waals surface area contributed by atoms with Crippen LogP contribution in [0.25, 0.3) is 0 Å². The second-order valence-corrected chi connectivity index (χ2v) is 6.47. The Balaban J connectivity index is 1.68. The molecule has 104 valence electrons. The topological polar surface area (TPSA) is 15.3 Å². The number of benzene rings is 1. The van der Waals surface area contributed by atoms with Gasteiger partial charge >= 0.3 is 0 Å². The van der Waals surface area contributed by atoms with E-state index >= 15 is 0 Å². The Hall–Kier alpha value is -0.860. The van der Waals surface area contributed by atoms with E-state index in [-0.39, 0.29) is 0 Å². The van der Waals surface area contributed by atoms with Crippen molar-refractivity contribution in [2.75, 3.05) is 26.7 Å². The fraction of sp³-hybridized carbons (Fsp3) is 0.647. The molecule has 0 saturated heterocycles. The Morgan fingerprint density at radius 3 is 2.63 bits per heavy atom. The summed E-state index contributed by atoms with van der Waals surface area (Å²) in [5.74, 6) is 0. The van der Waals surface area contributed by atoms with Crippen LogP contribution in [0.5, 0.6) is 0 Å². The van der Waals surface area contributed by atoms with E-state index < -0.39 is 0 Å². The molecule has 2 nitrogen and oxygen atoms in total. The van der Waals surface area contributed by atoms with Crippen molar-refractivity contribution >= 4 is 0 Å². The van der Waals surface area contributed by atoms with Gasteiger partial charge in [0.15, 0.2) is 0 Å². The third kappa shape index (κ3) is 2.85. The maximum absolute atomic E-state index is 3.43. The van der Waals surface area contributed by atoms with Gasteiger partial charge in [-0.1, -0.05) is 37.1 Å². The summed E-state index contributed by atoms with van der Waals surface area (Å²) in [6.45, 7) is 4.86. The van der Waals surface area contributed by atoms with Crippen LogP contribution in [0.1, 0.15) is 36.8 Å². The van der Waals surface area contributed by atoms with Crippen LogP contribution in [0.15, 0.2) is 24.3 Å². The molecule has 0 aromatic heterocycles. The molecule has 1 aliphatic heterocycles. The third-order valence-corrected chi connectivity index (χ3v) is 4.98. The maximum Gasteiger partial charge on any atom is 0.0236 e. The van der Waals surface area contributed by atoms with Gasteiger partial charge in [-0.25, -0.2) is 0 Å². The van der Waals surface area contributed by atoms with Crippen molar-refractivity contribution in [2.45, 2.75) is 38.6 Å². The van der Waals surface area contributed by atoms with Gasteiger partial charge < -0.3 is 5.32 Å². The summed E-state index contributed by atoms with van der Waals surface area (Å²) in [6, 6.07) is 8.96. The van der Waals surface area contributed by atoms with Crippen molar-refractivity contribution in [1.82, 2.24) is 10.2 Å². The number of nitrogens with zero attached hydrogens (tertiary/aromatic N) is 1. The van der Waals surface area contributed by atoms with Gasteiger partial charge in [0.1, 0.15) is 0 Å². The highest BCUT2D eigenvalue weighted by Gasteiger charge is 2.35. The van der Waals surface area contributed by atoms with Crippen LogP contribution in [-0.2, 0) is 13.0 Å². The van der Waals surface area contributed by atoms with Crippen LogP contribution >= 0.6 is 0 Å². The highest BCUT2D eigenvalue weighted by molar-refractivity contribution is 5.29. The largest absolute Gasteiger partial charge is 0.319 e. The summed E-state index contributed by atoms with van der Waals surface area (Å²) in [5.41, 5.74) is 3.65. The molecule has 0 amide bonds. The molecule has 2 heteroatoms. The van der Waals surface area contributed by atoms with Gasteiger partial charge in [-0.05, 0) is 42.9 Å². The summed E-state index contributed by atoms with van der Waals surface area (Å²) < 4.78 is 0. The zero-order valence-corrected chi connectivity index (χ0v) is 12.1. The molecular formula is C17H26N2. The Morgan fingerprint density at radius 1 is 1.16 bits per heavy atom. The van der Waals surface area contributed by atoms with Crippen molar-refractivity contribution in [2.24, 2.45) is 5.41 Å². The molecule has 0 unspecified atom stereocenters. The molecular weight excluding hydrogens is 232 g/mol. The van der Waals surface area contributed by atoms with E-state index in [9.17, 15) is 0 Å². The van der Waals surface area contributed by atoms with E-state index in [1.54, 1.807) is 11.1 Å². The second kappa shape index (κ2) is 5.64. The molecule has 2 aliphatic rings. The minimum Gasteiger partial charge on any atom is -0.319 e. The highest BCUT2D eigenvalue weighted by atomic mass is 15.1. The van der Waals surface area contributed by atoms with Crippen LogP contribution in [0.2, 0.25) is 0 Å². The normalized spacial score (nSPS) is 22.4. The predicted molar refractivity (Wildman–Crippen MR) is 80.3 cm³/mol. The Bertz CT molecular complexity index is 421. The van der Waals surface area contributed by atoms with Crippen LogP contribution < -0.4 is 5.32 Å². The van der Waals surface area contributed by atoms with E-state index in [0.717, 1.165) is 6.54 Å². The van der Waals surface area contributed by atoms with Crippen molar-refractivity contribution in [1.29, 1.82) is 0 Å². The standard InChI is InChI=1S/C17H26N2/c1-18-13-17(9-4-5-10-17)14-19-11-8-15-6-2-3-7-16(15)12-19/h2-3,6-7,18H,4-5,8-14H2,1H3. The lowest BCUT2D eigenvalue weighted by Gasteiger charge is -2.37. The maximum atomic E-state index is 3.43. The molecule has 0 atom stereocenters. The highest BCUT2D eigenvalue weighted by Crippen LogP contribution is 2.39. The molecule has 1 aromatic carbocycles. The molecule has 1 saturated carbocycles. The minimum absolute atomic E-state index is 0.543. The molecule has 0 spiro atoms. The molecule has 1 heterocycles. The van der Waals surface area contributed by atoms with E-state index in [1.807, 2.05) is 0 Å². The first-order chi connectivity index (χ1) is 9.31. The van der Waals surface area contributed by atoms with Crippen LogP contribution in [0, 0.1) is 5.41 Å². The molecule has 1 aliphatic carbocycles. The fourth-order valence-corrected chi connectivity index (χ4v) is 4.05. The minimum atomic E-state index is 0.543. The van der Waals surface area contributed by atoms with Crippen molar-refractivity contribution in [3.63, 3.8) is 0 Å². The van der Waals surface area contributed by atoms with E-state index in [4.69, 9.17) is 0 Å². The number of fused-ring (bicyclic) bond motifs is 1. The number of rotatable bonds is 4. The van der Waals surface area contributed by atoms with Crippen LogP contribution in [-0.4, -0.2) is 31.6 Å². The lowest BCUT2D eigenvalue weighted by molar-refractivity contribution is 0.139. The fourth-order valence-electron chi connectivity index (χ4n) is 4.05. The lowest BCUT2D eigenvalue weighted by atomic mass is 9.84. The third-order valence-electron chi connectivity index (χ3n) is 4.98. The zero-order valence-electron chi connectivity index (χ0n) is 12.1. The first-order valence-corrected chi connectivity index (χ1v) is 7.75. The lowest BCUT2D eigenvalue weighted by Crippen LogP contribution is -2.43. The van der Waals surface area contributed by atoms with Crippen molar-refractivity contribution < 1.29 is 0 Å². The molecule has 0 bridgehead atoms. The summed E-state index contributed by atoms with van der Waals surface area (Å²) in [5, 5.41) is 3.43. The van der Waals surface area contributed by atoms with Gasteiger partial charge in [-0.2, -0.15) is 0 Å². The van der Waals surface area contributed by atoms with Gasteiger partial charge in [0, 0.05) is 26.2 Å². The first-order valence-electron chi connectivity index (χ1n) is 7.75. The Morgan fingerprint density at radius 2 is 1.89 bits per heavy atom. The number of nitrogens with one attached hydrogen (secondary N) is 1. The summed E-state index contributed by atoms with van der Waals surface area (Å²) >= 11 is 0. The van der Waals surface area contributed by atoms with Crippen molar-refractivity contribution in [3.05, 3.63) is 35.4 Å². The van der Waals surface area contributed by atoms with Gasteiger partial charge in [0.05, 0.1) is 0 Å². The van der Waals surface area contributed by atoms with Gasteiger partial charge in [0.25, 0.3) is 0 Å². The molecule has 1 N–H and O–H groups in total. The number of hydrogen-bond acceptors (Lipinski definition) is 2.